The van der Waals surface area contributed by atoms with Crippen LogP contribution in [0.3, 0.4) is 0 Å². The Morgan fingerprint density at radius 2 is 2.20 bits per heavy atom. The third kappa shape index (κ3) is 1.64. The molecule has 1 aliphatic rings. The van der Waals surface area contributed by atoms with Gasteiger partial charge in [-0.3, -0.25) is 4.68 Å². The Morgan fingerprint density at radius 3 is 2.67 bits per heavy atom. The van der Waals surface area contributed by atoms with Crippen LogP contribution in [0.4, 0.5) is 5.82 Å². The largest absolute Gasteiger partial charge is 0.384 e. The van der Waals surface area contributed by atoms with E-state index in [0.717, 1.165) is 11.7 Å². The van der Waals surface area contributed by atoms with Crippen LogP contribution in [0.25, 0.3) is 0 Å². The van der Waals surface area contributed by atoms with Crippen LogP contribution in [0.1, 0.15) is 56.7 Å². The predicted octanol–water partition coefficient (Wildman–Crippen LogP) is 2.64. The van der Waals surface area contributed by atoms with Crippen molar-refractivity contribution < 1.29 is 0 Å². The number of anilines is 1. The van der Waals surface area contributed by atoms with E-state index in [4.69, 9.17) is 5.73 Å². The van der Waals surface area contributed by atoms with E-state index in [9.17, 15) is 0 Å². The van der Waals surface area contributed by atoms with Crippen molar-refractivity contribution in [2.24, 2.45) is 13.0 Å². The number of nitrogens with two attached hydrogens (primary N) is 1. The fraction of sp³-hybridized carbons (Fsp3) is 0.750. The highest BCUT2D eigenvalue weighted by molar-refractivity contribution is 5.48. The van der Waals surface area contributed by atoms with Crippen molar-refractivity contribution in [3.63, 3.8) is 0 Å². The topological polar surface area (TPSA) is 43.8 Å². The Kier molecular flexibility index (Phi) is 2.49. The van der Waals surface area contributed by atoms with Gasteiger partial charge in [-0.15, -0.1) is 0 Å². The minimum Gasteiger partial charge on any atom is -0.384 e. The summed E-state index contributed by atoms with van der Waals surface area (Å²) in [5, 5.41) is 4.58. The summed E-state index contributed by atoms with van der Waals surface area (Å²) >= 11 is 0. The number of nitrogens with zero attached hydrogens (tertiary/aromatic N) is 2. The summed E-state index contributed by atoms with van der Waals surface area (Å²) in [6.07, 6.45) is 2.56. The summed E-state index contributed by atoms with van der Waals surface area (Å²) in [4.78, 5) is 0. The van der Waals surface area contributed by atoms with Crippen molar-refractivity contribution in [2.45, 2.75) is 45.4 Å². The second-order valence-corrected chi connectivity index (χ2v) is 4.97. The molecule has 1 saturated carbocycles. The third-order valence-corrected chi connectivity index (χ3v) is 3.53. The van der Waals surface area contributed by atoms with Crippen LogP contribution in [0.15, 0.2) is 0 Å². The lowest BCUT2D eigenvalue weighted by Crippen LogP contribution is -2.00. The van der Waals surface area contributed by atoms with Crippen LogP contribution in [0, 0.1) is 5.92 Å². The molecule has 1 aromatic heterocycles. The van der Waals surface area contributed by atoms with Crippen molar-refractivity contribution in [1.82, 2.24) is 9.78 Å². The van der Waals surface area contributed by atoms with E-state index in [0.29, 0.717) is 11.8 Å². The predicted molar refractivity (Wildman–Crippen MR) is 62.8 cm³/mol. The van der Waals surface area contributed by atoms with Crippen molar-refractivity contribution in [1.29, 1.82) is 0 Å². The molecule has 1 heterocycles. The number of aromatic nitrogens is 2. The first-order valence-corrected chi connectivity index (χ1v) is 5.88. The maximum absolute atomic E-state index is 6.06. The molecule has 0 aromatic carbocycles. The second-order valence-electron chi connectivity index (χ2n) is 4.97. The van der Waals surface area contributed by atoms with Crippen molar-refractivity contribution in [3.05, 3.63) is 11.3 Å². The summed E-state index contributed by atoms with van der Waals surface area (Å²) in [5.74, 6) is 2.85. The first-order chi connectivity index (χ1) is 7.06. The van der Waals surface area contributed by atoms with Crippen LogP contribution < -0.4 is 5.73 Å². The Labute approximate surface area is 91.7 Å². The van der Waals surface area contributed by atoms with Crippen molar-refractivity contribution >= 4 is 5.82 Å². The molecule has 0 bridgehead atoms. The molecule has 3 nitrogen and oxygen atoms in total. The first kappa shape index (κ1) is 10.5. The molecule has 0 radical (unpaired) electrons. The van der Waals surface area contributed by atoms with Gasteiger partial charge in [0.15, 0.2) is 0 Å². The first-order valence-electron chi connectivity index (χ1n) is 5.88. The van der Waals surface area contributed by atoms with E-state index in [1.54, 1.807) is 0 Å². The molecule has 1 aromatic rings. The van der Waals surface area contributed by atoms with E-state index in [-0.39, 0.29) is 0 Å². The number of nitrogen functional groups attached to an aromatic ring is 1. The standard InChI is InChI=1S/C12H21N3/c1-5-8-6-9(8)11-10(7(2)3)12(13)15(4)14-11/h7-9H,5-6,13H2,1-4H3. The molecule has 2 unspecified atom stereocenters. The molecule has 0 aliphatic heterocycles. The fourth-order valence-electron chi connectivity index (χ4n) is 2.47. The lowest BCUT2D eigenvalue weighted by atomic mass is 10.00. The number of hydrogen-bond acceptors (Lipinski definition) is 2. The number of aryl methyl sites for hydroxylation is 1. The number of rotatable bonds is 3. The highest BCUT2D eigenvalue weighted by Gasteiger charge is 2.41. The van der Waals surface area contributed by atoms with Gasteiger partial charge in [0, 0.05) is 18.5 Å². The van der Waals surface area contributed by atoms with Crippen LogP contribution in [0.2, 0.25) is 0 Å². The maximum Gasteiger partial charge on any atom is 0.125 e. The minimum atomic E-state index is 0.479. The molecular weight excluding hydrogens is 186 g/mol. The highest BCUT2D eigenvalue weighted by Crippen LogP contribution is 2.51. The molecule has 84 valence electrons. The zero-order valence-corrected chi connectivity index (χ0v) is 10.1. The van der Waals surface area contributed by atoms with Crippen molar-refractivity contribution in [3.8, 4) is 0 Å². The van der Waals surface area contributed by atoms with Crippen LogP contribution >= 0.6 is 0 Å². The van der Waals surface area contributed by atoms with E-state index in [2.05, 4.69) is 25.9 Å². The zero-order chi connectivity index (χ0) is 11.2. The Hall–Kier alpha value is -0.990. The molecule has 0 spiro atoms. The van der Waals surface area contributed by atoms with Gasteiger partial charge in [-0.2, -0.15) is 5.10 Å². The highest BCUT2D eigenvalue weighted by atomic mass is 15.3. The molecule has 0 saturated heterocycles. The normalized spacial score (nSPS) is 24.9. The maximum atomic E-state index is 6.06. The van der Waals surface area contributed by atoms with Gasteiger partial charge >= 0.3 is 0 Å². The van der Waals surface area contributed by atoms with E-state index in [1.165, 1.54) is 24.1 Å². The van der Waals surface area contributed by atoms with Crippen LogP contribution in [-0.2, 0) is 7.05 Å². The SMILES string of the molecule is CCC1CC1c1nn(C)c(N)c1C(C)C. The minimum absolute atomic E-state index is 0.479. The van der Waals surface area contributed by atoms with E-state index < -0.39 is 0 Å². The van der Waals surface area contributed by atoms with Gasteiger partial charge in [-0.1, -0.05) is 27.2 Å². The molecule has 15 heavy (non-hydrogen) atoms. The quantitative estimate of drug-likeness (QED) is 0.828. The average Bonchev–Trinajstić information content (AvgIpc) is 2.89. The molecule has 2 atom stereocenters. The second kappa shape index (κ2) is 3.54. The molecule has 2 N–H and O–H groups in total. The molecular formula is C12H21N3. The van der Waals surface area contributed by atoms with Gasteiger partial charge in [0.05, 0.1) is 5.69 Å². The average molecular weight is 207 g/mol. The summed E-state index contributed by atoms with van der Waals surface area (Å²) < 4.78 is 1.83. The zero-order valence-electron chi connectivity index (χ0n) is 10.1. The van der Waals surface area contributed by atoms with Gasteiger partial charge in [-0.05, 0) is 18.3 Å². The van der Waals surface area contributed by atoms with Gasteiger partial charge < -0.3 is 5.73 Å². The van der Waals surface area contributed by atoms with Gasteiger partial charge in [0.25, 0.3) is 0 Å². The van der Waals surface area contributed by atoms with Crippen LogP contribution in [0.5, 0.6) is 0 Å². The van der Waals surface area contributed by atoms with E-state index in [1.807, 2.05) is 11.7 Å². The van der Waals surface area contributed by atoms with Crippen molar-refractivity contribution in [2.75, 3.05) is 5.73 Å². The summed E-state index contributed by atoms with van der Waals surface area (Å²) in [7, 11) is 1.94. The molecule has 1 aliphatic carbocycles. The van der Waals surface area contributed by atoms with Crippen LogP contribution in [-0.4, -0.2) is 9.78 Å². The Bertz CT molecular complexity index is 365. The molecule has 2 rings (SSSR count). The Balaban J connectivity index is 2.35. The lowest BCUT2D eigenvalue weighted by molar-refractivity contribution is 0.713. The lowest BCUT2D eigenvalue weighted by Gasteiger charge is -2.06. The van der Waals surface area contributed by atoms with Gasteiger partial charge in [-0.25, -0.2) is 0 Å². The van der Waals surface area contributed by atoms with Gasteiger partial charge in [0.2, 0.25) is 0 Å². The van der Waals surface area contributed by atoms with E-state index >= 15 is 0 Å². The third-order valence-electron chi connectivity index (χ3n) is 3.53. The summed E-state index contributed by atoms with van der Waals surface area (Å²) in [6.45, 7) is 6.65. The van der Waals surface area contributed by atoms with Gasteiger partial charge in [0.1, 0.15) is 5.82 Å². The summed E-state index contributed by atoms with van der Waals surface area (Å²) in [5.41, 5.74) is 8.59. The Morgan fingerprint density at radius 1 is 1.53 bits per heavy atom. The summed E-state index contributed by atoms with van der Waals surface area (Å²) in [6, 6.07) is 0. The monoisotopic (exact) mass is 207 g/mol. The molecule has 3 heteroatoms. The molecule has 1 fully saturated rings. The smallest absolute Gasteiger partial charge is 0.125 e. The molecule has 0 amide bonds. The number of hydrogen-bond donors (Lipinski definition) is 1. The fourth-order valence-corrected chi connectivity index (χ4v) is 2.47.